The summed E-state index contributed by atoms with van der Waals surface area (Å²) in [7, 11) is 1.56. The Bertz CT molecular complexity index is 1190. The molecule has 7 heteroatoms. The van der Waals surface area contributed by atoms with Crippen LogP contribution in [0, 0.1) is 11.3 Å². The first kappa shape index (κ1) is 23.6. The number of rotatable bonds is 9. The van der Waals surface area contributed by atoms with Crippen molar-refractivity contribution in [3.8, 4) is 11.8 Å². The lowest BCUT2D eigenvalue weighted by molar-refractivity contribution is -0.141. The molecule has 0 aliphatic heterocycles. The summed E-state index contributed by atoms with van der Waals surface area (Å²) >= 11 is 1.32. The van der Waals surface area contributed by atoms with Crippen molar-refractivity contribution in [2.45, 2.75) is 4.90 Å². The molecule has 0 atom stereocenters. The second-order valence-corrected chi connectivity index (χ2v) is 7.75. The van der Waals surface area contributed by atoms with Crippen LogP contribution in [0.4, 0.5) is 5.69 Å². The Kier molecular flexibility index (Phi) is 8.69. The van der Waals surface area contributed by atoms with Crippen LogP contribution in [0.5, 0.6) is 5.75 Å². The number of amides is 1. The van der Waals surface area contributed by atoms with Gasteiger partial charge in [-0.05, 0) is 29.8 Å². The van der Waals surface area contributed by atoms with Crippen LogP contribution >= 0.6 is 11.8 Å². The van der Waals surface area contributed by atoms with Gasteiger partial charge in [-0.2, -0.15) is 5.26 Å². The monoisotopic (exact) mass is 458 g/mol. The summed E-state index contributed by atoms with van der Waals surface area (Å²) in [6, 6.07) is 25.6. The topological polar surface area (TPSA) is 88.4 Å². The van der Waals surface area contributed by atoms with Gasteiger partial charge in [-0.3, -0.25) is 4.79 Å². The molecule has 0 saturated heterocycles. The number of nitriles is 1. The molecule has 166 valence electrons. The second kappa shape index (κ2) is 12.1. The molecule has 0 bridgehead atoms. The van der Waals surface area contributed by atoms with Crippen LogP contribution in [0.25, 0.3) is 11.6 Å². The third-order valence-electron chi connectivity index (χ3n) is 4.53. The summed E-state index contributed by atoms with van der Waals surface area (Å²) in [5.41, 5.74) is 2.24. The first-order valence-corrected chi connectivity index (χ1v) is 11.1. The molecule has 3 rings (SSSR count). The average molecular weight is 459 g/mol. The average Bonchev–Trinajstić information content (AvgIpc) is 2.86. The van der Waals surface area contributed by atoms with E-state index in [1.807, 2.05) is 48.5 Å². The molecule has 0 aliphatic rings. The number of nitrogens with zero attached hydrogens (tertiary/aromatic N) is 1. The SMILES string of the molecule is COc1ccccc1/C=C(/C(=O)OCC(=O)Nc1ccccc1SCC#N)c1ccccc1. The minimum absolute atomic E-state index is 0.260. The largest absolute Gasteiger partial charge is 0.496 e. The number of ether oxygens (including phenoxy) is 2. The molecule has 1 N–H and O–H groups in total. The fraction of sp³-hybridized carbons (Fsp3) is 0.115. The molecule has 6 nitrogen and oxygen atoms in total. The maximum absolute atomic E-state index is 13.0. The number of thioether (sulfide) groups is 1. The number of carbonyl (C=O) groups excluding carboxylic acids is 2. The number of carbonyl (C=O) groups is 2. The smallest absolute Gasteiger partial charge is 0.339 e. The summed E-state index contributed by atoms with van der Waals surface area (Å²) < 4.78 is 10.7. The summed E-state index contributed by atoms with van der Waals surface area (Å²) in [6.07, 6.45) is 1.68. The molecule has 0 unspecified atom stereocenters. The van der Waals surface area contributed by atoms with Crippen molar-refractivity contribution in [3.05, 3.63) is 90.0 Å². The van der Waals surface area contributed by atoms with Crippen LogP contribution in [0.2, 0.25) is 0 Å². The Balaban J connectivity index is 1.75. The Morgan fingerprint density at radius 2 is 1.70 bits per heavy atom. The maximum atomic E-state index is 13.0. The number of para-hydroxylation sites is 2. The molecule has 3 aromatic rings. The van der Waals surface area contributed by atoms with Gasteiger partial charge in [-0.15, -0.1) is 11.8 Å². The van der Waals surface area contributed by atoms with Gasteiger partial charge in [0.25, 0.3) is 5.91 Å². The number of nitrogens with one attached hydrogen (secondary N) is 1. The Hall–Kier alpha value is -4.02. The van der Waals surface area contributed by atoms with Crippen molar-refractivity contribution in [2.24, 2.45) is 0 Å². The van der Waals surface area contributed by atoms with E-state index in [1.54, 1.807) is 43.5 Å². The summed E-state index contributed by atoms with van der Waals surface area (Å²) in [4.78, 5) is 26.2. The van der Waals surface area contributed by atoms with Crippen LogP contribution in [-0.4, -0.2) is 31.3 Å². The van der Waals surface area contributed by atoms with Gasteiger partial charge < -0.3 is 14.8 Å². The van der Waals surface area contributed by atoms with E-state index >= 15 is 0 Å². The van der Waals surface area contributed by atoms with Crippen molar-refractivity contribution in [2.75, 3.05) is 24.8 Å². The van der Waals surface area contributed by atoms with E-state index in [-0.39, 0.29) is 5.75 Å². The zero-order chi connectivity index (χ0) is 23.5. The molecule has 0 radical (unpaired) electrons. The van der Waals surface area contributed by atoms with Crippen molar-refractivity contribution < 1.29 is 19.1 Å². The fourth-order valence-corrected chi connectivity index (χ4v) is 3.69. The van der Waals surface area contributed by atoms with E-state index in [0.717, 1.165) is 4.90 Å². The summed E-state index contributed by atoms with van der Waals surface area (Å²) in [5.74, 6) is -0.230. The Morgan fingerprint density at radius 1 is 1.00 bits per heavy atom. The van der Waals surface area contributed by atoms with E-state index in [9.17, 15) is 9.59 Å². The molecule has 0 heterocycles. The lowest BCUT2D eigenvalue weighted by Crippen LogP contribution is -2.21. The minimum Gasteiger partial charge on any atom is -0.496 e. The van der Waals surface area contributed by atoms with E-state index < -0.39 is 18.5 Å². The summed E-state index contributed by atoms with van der Waals surface area (Å²) in [5, 5.41) is 11.5. The van der Waals surface area contributed by atoms with Crippen LogP contribution in [0.1, 0.15) is 11.1 Å². The van der Waals surface area contributed by atoms with Crippen molar-refractivity contribution in [1.82, 2.24) is 0 Å². The van der Waals surface area contributed by atoms with Crippen molar-refractivity contribution in [1.29, 1.82) is 5.26 Å². The van der Waals surface area contributed by atoms with Gasteiger partial charge in [-0.25, -0.2) is 4.79 Å². The molecule has 3 aromatic carbocycles. The summed E-state index contributed by atoms with van der Waals surface area (Å²) in [6.45, 7) is -0.452. The minimum atomic E-state index is -0.630. The van der Waals surface area contributed by atoms with Gasteiger partial charge >= 0.3 is 5.97 Å². The Labute approximate surface area is 196 Å². The van der Waals surface area contributed by atoms with Crippen molar-refractivity contribution in [3.63, 3.8) is 0 Å². The van der Waals surface area contributed by atoms with Gasteiger partial charge in [0.05, 0.1) is 30.2 Å². The predicted octanol–water partition coefficient (Wildman–Crippen LogP) is 5.03. The van der Waals surface area contributed by atoms with Gasteiger partial charge in [0, 0.05) is 10.5 Å². The normalized spacial score (nSPS) is 10.7. The molecule has 0 fully saturated rings. The molecule has 33 heavy (non-hydrogen) atoms. The number of hydrogen-bond acceptors (Lipinski definition) is 6. The Morgan fingerprint density at radius 3 is 2.45 bits per heavy atom. The lowest BCUT2D eigenvalue weighted by Gasteiger charge is -2.12. The molecule has 0 spiro atoms. The van der Waals surface area contributed by atoms with E-state index in [2.05, 4.69) is 11.4 Å². The highest BCUT2D eigenvalue weighted by Crippen LogP contribution is 2.27. The molecule has 0 aliphatic carbocycles. The maximum Gasteiger partial charge on any atom is 0.339 e. The van der Waals surface area contributed by atoms with E-state index in [4.69, 9.17) is 14.7 Å². The van der Waals surface area contributed by atoms with Crippen LogP contribution in [0.3, 0.4) is 0 Å². The van der Waals surface area contributed by atoms with Crippen molar-refractivity contribution >= 4 is 41.0 Å². The number of esters is 1. The number of anilines is 1. The van der Waals surface area contributed by atoms with E-state index in [1.165, 1.54) is 11.8 Å². The highest BCUT2D eigenvalue weighted by atomic mass is 32.2. The highest BCUT2D eigenvalue weighted by Gasteiger charge is 2.17. The molecule has 0 saturated carbocycles. The second-order valence-electron chi connectivity index (χ2n) is 6.73. The molecular weight excluding hydrogens is 436 g/mol. The number of methoxy groups -OCH3 is 1. The van der Waals surface area contributed by atoms with Crippen LogP contribution in [0.15, 0.2) is 83.8 Å². The lowest BCUT2D eigenvalue weighted by atomic mass is 10.0. The quantitative estimate of drug-likeness (QED) is 0.209. The molecule has 0 aromatic heterocycles. The fourth-order valence-electron chi connectivity index (χ4n) is 3.02. The van der Waals surface area contributed by atoms with Crippen LogP contribution < -0.4 is 10.1 Å². The van der Waals surface area contributed by atoms with E-state index in [0.29, 0.717) is 28.1 Å². The van der Waals surface area contributed by atoms with Gasteiger partial charge in [0.15, 0.2) is 6.61 Å². The van der Waals surface area contributed by atoms with Crippen LogP contribution in [-0.2, 0) is 14.3 Å². The molecule has 1 amide bonds. The van der Waals surface area contributed by atoms with Gasteiger partial charge in [0.1, 0.15) is 5.75 Å². The molecular formula is C26H22N2O4S. The third kappa shape index (κ3) is 6.73. The highest BCUT2D eigenvalue weighted by molar-refractivity contribution is 7.99. The van der Waals surface area contributed by atoms with Gasteiger partial charge in [-0.1, -0.05) is 60.7 Å². The zero-order valence-corrected chi connectivity index (χ0v) is 18.8. The predicted molar refractivity (Wildman–Crippen MR) is 130 cm³/mol. The standard InChI is InChI=1S/C26H22N2O4S/c1-31-23-13-7-5-11-20(23)17-21(19-9-3-2-4-10-19)26(30)32-18-25(29)28-22-12-6-8-14-24(22)33-16-15-27/h2-14,17H,16,18H2,1H3,(H,28,29)/b21-17+. The zero-order valence-electron chi connectivity index (χ0n) is 18.0. The van der Waals surface area contributed by atoms with Gasteiger partial charge in [0.2, 0.25) is 0 Å². The number of hydrogen-bond donors (Lipinski definition) is 1. The first-order valence-electron chi connectivity index (χ1n) is 10.1. The third-order valence-corrected chi connectivity index (χ3v) is 5.47. The first-order chi connectivity index (χ1) is 16.1. The number of benzene rings is 3.